The number of guanidine groups is 1. The van der Waals surface area contributed by atoms with Crippen molar-refractivity contribution in [1.29, 1.82) is 5.41 Å². The van der Waals surface area contributed by atoms with Gasteiger partial charge in [-0.25, -0.2) is 19.7 Å². The molecule has 0 fully saturated rings. The first-order valence-corrected chi connectivity index (χ1v) is 14.5. The number of aliphatic imine (C=N–C) groups is 3. The summed E-state index contributed by atoms with van der Waals surface area (Å²) >= 11 is 0. The summed E-state index contributed by atoms with van der Waals surface area (Å²) in [5.41, 5.74) is 0.870. The molecule has 1 aromatic carbocycles. The molecule has 0 aliphatic carbocycles. The van der Waals surface area contributed by atoms with E-state index < -0.39 is 23.6 Å². The minimum Gasteiger partial charge on any atom is -0.857 e. The molecule has 0 spiro atoms. The third-order valence-corrected chi connectivity index (χ3v) is 8.00. The molecule has 0 bridgehead atoms. The molecule has 2 aromatic rings. The Hall–Kier alpha value is -4.86. The van der Waals surface area contributed by atoms with E-state index in [-0.39, 0.29) is 43.9 Å². The molecule has 45 heavy (non-hydrogen) atoms. The Bertz CT molecular complexity index is 1720. The number of nitrogens with zero attached hydrogens (tertiary/aromatic N) is 5. The molecule has 1 unspecified atom stereocenters. The number of aliphatic hydroxyl groups excluding tert-OH is 1. The van der Waals surface area contributed by atoms with Gasteiger partial charge in [0.1, 0.15) is 23.4 Å². The zero-order chi connectivity index (χ0) is 31.9. The number of hydrogen-bond donors (Lipinski definition) is 4. The minimum absolute atomic E-state index is 0.0199. The van der Waals surface area contributed by atoms with Crippen molar-refractivity contribution in [2.24, 2.45) is 15.0 Å². The number of ether oxygens (including phenoxy) is 4. The smallest absolute Gasteiger partial charge is 0.374 e. The van der Waals surface area contributed by atoms with Crippen molar-refractivity contribution in [1.82, 2.24) is 9.55 Å². The lowest BCUT2D eigenvalue weighted by molar-refractivity contribution is -0.730. The fourth-order valence-corrected chi connectivity index (χ4v) is 5.80. The number of rotatable bonds is 10. The largest absolute Gasteiger partial charge is 0.857 e. The van der Waals surface area contributed by atoms with Crippen molar-refractivity contribution < 1.29 is 44.0 Å². The van der Waals surface area contributed by atoms with Gasteiger partial charge in [0.15, 0.2) is 12.4 Å². The highest BCUT2D eigenvalue weighted by Gasteiger charge is 2.42. The number of aliphatic hydroxyl groups is 2. The minimum atomic E-state index is -1.21. The van der Waals surface area contributed by atoms with Crippen LogP contribution in [0.25, 0.3) is 5.57 Å². The molecular weight excluding hydrogens is 586 g/mol. The van der Waals surface area contributed by atoms with Crippen molar-refractivity contribution in [3.63, 3.8) is 0 Å². The van der Waals surface area contributed by atoms with Crippen LogP contribution in [0, 0.1) is 5.41 Å². The van der Waals surface area contributed by atoms with Crippen molar-refractivity contribution in [2.75, 3.05) is 27.0 Å². The molecule has 236 valence electrons. The molecule has 0 saturated heterocycles. The summed E-state index contributed by atoms with van der Waals surface area (Å²) in [7, 11) is 1.54. The second-order valence-corrected chi connectivity index (χ2v) is 11.0. The maximum Gasteiger partial charge on any atom is 0.374 e. The van der Waals surface area contributed by atoms with Crippen LogP contribution in [0.15, 0.2) is 51.3 Å². The highest BCUT2D eigenvalue weighted by molar-refractivity contribution is 6.66. The van der Waals surface area contributed by atoms with Gasteiger partial charge in [-0.05, 0) is 38.3 Å². The summed E-state index contributed by atoms with van der Waals surface area (Å²) in [6.45, 7) is 3.95. The van der Waals surface area contributed by atoms with Gasteiger partial charge in [0.05, 0.1) is 31.1 Å². The average molecular weight is 620 g/mol. The fraction of sp³-hybridized carbons (Fsp3) is 0.400. The van der Waals surface area contributed by atoms with Crippen LogP contribution in [-0.4, -0.2) is 87.8 Å². The zero-order valence-corrected chi connectivity index (χ0v) is 25.0. The Kier molecular flexibility index (Phi) is 7.99. The molecule has 0 saturated carbocycles. The number of hydrogen-bond acceptors (Lipinski definition) is 11. The summed E-state index contributed by atoms with van der Waals surface area (Å²) in [6, 6.07) is 1.68. The van der Waals surface area contributed by atoms with Crippen molar-refractivity contribution in [3.8, 4) is 17.2 Å². The zero-order valence-electron chi connectivity index (χ0n) is 25.0. The van der Waals surface area contributed by atoms with Crippen LogP contribution < -0.4 is 24.2 Å². The summed E-state index contributed by atoms with van der Waals surface area (Å²) in [5, 5.41) is 40.5. The van der Waals surface area contributed by atoms with Gasteiger partial charge < -0.3 is 34.3 Å². The second-order valence-electron chi connectivity index (χ2n) is 11.0. The van der Waals surface area contributed by atoms with Crippen LogP contribution in [0.5, 0.6) is 17.2 Å². The number of carbonyl (C=O) groups is 1. The highest BCUT2D eigenvalue weighted by atomic mass is 16.6. The normalized spacial score (nSPS) is 22.2. The number of methoxy groups -OCH3 is 1. The molecule has 1 aromatic heterocycles. The van der Waals surface area contributed by atoms with Gasteiger partial charge in [-0.2, -0.15) is 9.98 Å². The molecule has 4 N–H and O–H groups in total. The number of carbonyl (C=O) groups excluding carboxylic acids is 1. The number of quaternary nitrogens is 1. The number of imidazole rings is 1. The van der Waals surface area contributed by atoms with E-state index in [0.717, 1.165) is 5.56 Å². The molecule has 15 heteroatoms. The Morgan fingerprint density at radius 3 is 2.93 bits per heavy atom. The van der Waals surface area contributed by atoms with Crippen molar-refractivity contribution >= 4 is 40.9 Å². The Balaban J connectivity index is 1.36. The number of amidine groups is 1. The van der Waals surface area contributed by atoms with E-state index >= 15 is 0 Å². The molecule has 5 heterocycles. The van der Waals surface area contributed by atoms with E-state index in [1.807, 2.05) is 10.6 Å². The maximum absolute atomic E-state index is 12.8. The topological polar surface area (TPSA) is 201 Å². The number of nitrogens with one attached hydrogen (secondary N) is 2. The van der Waals surface area contributed by atoms with Gasteiger partial charge in [-0.1, -0.05) is 6.08 Å². The summed E-state index contributed by atoms with van der Waals surface area (Å²) in [5.74, 6) is 0.453. The van der Waals surface area contributed by atoms with E-state index in [9.17, 15) is 20.1 Å². The number of aromatic nitrogens is 2. The first-order chi connectivity index (χ1) is 21.6. The van der Waals surface area contributed by atoms with Gasteiger partial charge in [-0.15, -0.1) is 0 Å². The first kappa shape index (κ1) is 30.2. The number of fused-ring (bicyclic) bond motifs is 3. The van der Waals surface area contributed by atoms with Crippen LogP contribution >= 0.6 is 0 Å². The molecule has 0 radical (unpaired) electrons. The van der Waals surface area contributed by atoms with Crippen LogP contribution in [0.1, 0.15) is 37.8 Å². The predicted molar refractivity (Wildman–Crippen MR) is 159 cm³/mol. The van der Waals surface area contributed by atoms with E-state index in [4.69, 9.17) is 24.4 Å². The van der Waals surface area contributed by atoms with Crippen LogP contribution in [0.2, 0.25) is 0 Å². The van der Waals surface area contributed by atoms with Crippen molar-refractivity contribution in [3.05, 3.63) is 47.5 Å². The molecule has 0 amide bonds. The van der Waals surface area contributed by atoms with Gasteiger partial charge in [0.25, 0.3) is 5.84 Å². The summed E-state index contributed by atoms with van der Waals surface area (Å²) < 4.78 is 25.2. The van der Waals surface area contributed by atoms with E-state index in [2.05, 4.69) is 20.0 Å². The summed E-state index contributed by atoms with van der Waals surface area (Å²) in [4.78, 5) is 29.9. The van der Waals surface area contributed by atoms with Crippen LogP contribution in [0.3, 0.4) is 0 Å². The Morgan fingerprint density at radius 1 is 1.36 bits per heavy atom. The van der Waals surface area contributed by atoms with Gasteiger partial charge in [-0.3, -0.25) is 9.98 Å². The quantitative estimate of drug-likeness (QED) is 0.257. The van der Waals surface area contributed by atoms with E-state index in [1.54, 1.807) is 38.4 Å². The average Bonchev–Trinajstić information content (AvgIpc) is 3.76. The number of esters is 1. The Morgan fingerprint density at radius 2 is 2.18 bits per heavy atom. The molecule has 6 rings (SSSR count). The Labute approximate surface area is 258 Å². The van der Waals surface area contributed by atoms with Crippen LogP contribution in [-0.2, 0) is 22.5 Å². The van der Waals surface area contributed by atoms with Gasteiger partial charge in [0, 0.05) is 43.3 Å². The van der Waals surface area contributed by atoms with Gasteiger partial charge in [0.2, 0.25) is 11.7 Å². The monoisotopic (exact) mass is 619 g/mol. The molecular formula is C30H33N7O8. The van der Waals surface area contributed by atoms with E-state index in [0.29, 0.717) is 64.3 Å². The third kappa shape index (κ3) is 5.49. The standard InChI is InChI=1S/C30H33N7O8/c1-4-43-27(40)20-12-16(6-9-36-10-8-32-29(36)37-15-33-23-25(37)34-28(31)35-26(23)39)22-19(44-20)14-18-17(24(22)42-3)13-21(45-18)30(2,41)7-5-11-38/h6,8,10,12,14,21,38,41H,4-5,7,9,11,13,15H2,1-3H3,(H2,31,35,39)/t21-,30+/m0/s1. The lowest BCUT2D eigenvalue weighted by atomic mass is 9.89. The lowest BCUT2D eigenvalue weighted by Crippen LogP contribution is -3.10. The second kappa shape index (κ2) is 11.9. The first-order valence-electron chi connectivity index (χ1n) is 14.5. The fourth-order valence-electron chi connectivity index (χ4n) is 5.80. The third-order valence-electron chi connectivity index (χ3n) is 8.00. The highest BCUT2D eigenvalue weighted by Crippen LogP contribution is 2.50. The SMILES string of the molecule is CCOC(=O)C1=CC(=CCn2ccnc2[NH+]2CN=C3C([O-])=NC(=N)N=C32)c2c(cc3c(c2OC)C[C@@H]([C@](C)(O)CCCO)O3)O1. The molecule has 4 aliphatic heterocycles. The van der Waals surface area contributed by atoms with E-state index in [1.165, 1.54) is 7.11 Å². The maximum atomic E-state index is 12.8. The number of allylic oxidation sites excluding steroid dienone is 3. The summed E-state index contributed by atoms with van der Waals surface area (Å²) in [6.07, 6.45) is 7.39. The van der Waals surface area contributed by atoms with Gasteiger partial charge >= 0.3 is 11.9 Å². The molecule has 15 nitrogen and oxygen atoms in total. The molecule has 4 aliphatic rings. The van der Waals surface area contributed by atoms with Crippen LogP contribution in [0.4, 0.5) is 5.95 Å². The lowest BCUT2D eigenvalue weighted by Gasteiger charge is -2.29. The van der Waals surface area contributed by atoms with Crippen molar-refractivity contribution in [2.45, 2.75) is 51.4 Å². The molecule has 3 atom stereocenters. The predicted octanol–water partition coefficient (Wildman–Crippen LogP) is -0.324. The number of benzene rings is 1.